The molecule has 16 heavy (non-hydrogen) atoms. The third kappa shape index (κ3) is 3.17. The van der Waals surface area contributed by atoms with Gasteiger partial charge in [0.05, 0.1) is 7.11 Å². The van der Waals surface area contributed by atoms with Gasteiger partial charge in [-0.1, -0.05) is 6.07 Å². The van der Waals surface area contributed by atoms with Crippen LogP contribution in [0.3, 0.4) is 0 Å². The summed E-state index contributed by atoms with van der Waals surface area (Å²) in [5, 5.41) is 0. The van der Waals surface area contributed by atoms with Gasteiger partial charge in [0.1, 0.15) is 0 Å². The van der Waals surface area contributed by atoms with Crippen LogP contribution in [-0.2, 0) is 6.42 Å². The van der Waals surface area contributed by atoms with E-state index < -0.39 is 11.6 Å². The van der Waals surface area contributed by atoms with Gasteiger partial charge in [0.25, 0.3) is 0 Å². The third-order valence-electron chi connectivity index (χ3n) is 2.37. The molecule has 2 nitrogen and oxygen atoms in total. The molecule has 0 aromatic heterocycles. The van der Waals surface area contributed by atoms with E-state index in [-0.39, 0.29) is 11.3 Å². The van der Waals surface area contributed by atoms with Crippen molar-refractivity contribution in [3.05, 3.63) is 29.3 Å². The van der Waals surface area contributed by atoms with Crippen molar-refractivity contribution in [1.29, 1.82) is 0 Å². The number of aryl methyl sites for hydroxylation is 1. The zero-order valence-electron chi connectivity index (χ0n) is 9.81. The molecule has 4 heteroatoms. The smallest absolute Gasteiger partial charge is 0.200 e. The van der Waals surface area contributed by atoms with Crippen LogP contribution in [0.15, 0.2) is 12.1 Å². The summed E-state index contributed by atoms with van der Waals surface area (Å²) in [6.07, 6.45) is 1.23. The summed E-state index contributed by atoms with van der Waals surface area (Å²) in [6.45, 7) is 3.78. The predicted octanol–water partition coefficient (Wildman–Crippen LogP) is 2.64. The quantitative estimate of drug-likeness (QED) is 0.861. The Morgan fingerprint density at radius 3 is 2.44 bits per heavy atom. The van der Waals surface area contributed by atoms with E-state index in [2.05, 4.69) is 0 Å². The van der Waals surface area contributed by atoms with Gasteiger partial charge in [-0.05, 0) is 38.3 Å². The van der Waals surface area contributed by atoms with Crippen molar-refractivity contribution >= 4 is 0 Å². The van der Waals surface area contributed by atoms with E-state index >= 15 is 0 Å². The first-order valence-corrected chi connectivity index (χ1v) is 5.15. The number of rotatable bonds is 4. The Balaban J connectivity index is 2.92. The summed E-state index contributed by atoms with van der Waals surface area (Å²) >= 11 is 0. The van der Waals surface area contributed by atoms with Crippen molar-refractivity contribution in [1.82, 2.24) is 0 Å². The standard InChI is InChI=1S/C12H17F2NO/c1-12(2,15)7-6-8-4-5-9(13)10(14)11(8)16-3/h4-5H,6-7,15H2,1-3H3. The second-order valence-electron chi connectivity index (χ2n) is 4.54. The van der Waals surface area contributed by atoms with Crippen molar-refractivity contribution in [3.8, 4) is 5.75 Å². The maximum absolute atomic E-state index is 13.4. The van der Waals surface area contributed by atoms with Crippen molar-refractivity contribution in [3.63, 3.8) is 0 Å². The lowest BCUT2D eigenvalue weighted by molar-refractivity contribution is 0.364. The summed E-state index contributed by atoms with van der Waals surface area (Å²) in [5.74, 6) is -1.85. The minimum absolute atomic E-state index is 0.0238. The molecule has 0 bridgehead atoms. The fourth-order valence-electron chi connectivity index (χ4n) is 1.45. The lowest BCUT2D eigenvalue weighted by atomic mass is 9.96. The maximum atomic E-state index is 13.4. The van der Waals surface area contributed by atoms with Gasteiger partial charge >= 0.3 is 0 Å². The summed E-state index contributed by atoms with van der Waals surface area (Å²) < 4.78 is 31.2. The number of ether oxygens (including phenoxy) is 1. The highest BCUT2D eigenvalue weighted by Crippen LogP contribution is 2.26. The Labute approximate surface area is 94.4 Å². The molecule has 0 aliphatic rings. The van der Waals surface area contributed by atoms with Gasteiger partial charge in [-0.3, -0.25) is 0 Å². The molecule has 0 radical (unpaired) electrons. The Kier molecular flexibility index (Phi) is 3.86. The van der Waals surface area contributed by atoms with Crippen molar-refractivity contribution in [2.24, 2.45) is 5.73 Å². The number of nitrogens with two attached hydrogens (primary N) is 1. The van der Waals surface area contributed by atoms with Gasteiger partial charge in [-0.2, -0.15) is 4.39 Å². The molecule has 1 aromatic carbocycles. The molecule has 1 rings (SSSR count). The Morgan fingerprint density at radius 2 is 1.94 bits per heavy atom. The van der Waals surface area contributed by atoms with E-state index in [0.29, 0.717) is 18.4 Å². The van der Waals surface area contributed by atoms with E-state index in [9.17, 15) is 8.78 Å². The van der Waals surface area contributed by atoms with Crippen LogP contribution in [0.5, 0.6) is 5.75 Å². The number of hydrogen-bond donors (Lipinski definition) is 1. The zero-order chi connectivity index (χ0) is 12.3. The van der Waals surface area contributed by atoms with Gasteiger partial charge in [-0.15, -0.1) is 0 Å². The summed E-state index contributed by atoms with van der Waals surface area (Å²) in [4.78, 5) is 0. The average molecular weight is 229 g/mol. The third-order valence-corrected chi connectivity index (χ3v) is 2.37. The lowest BCUT2D eigenvalue weighted by Gasteiger charge is -2.19. The molecule has 0 aliphatic carbocycles. The molecular formula is C12H17F2NO. The highest BCUT2D eigenvalue weighted by Gasteiger charge is 2.17. The first kappa shape index (κ1) is 12.9. The zero-order valence-corrected chi connectivity index (χ0v) is 9.81. The molecular weight excluding hydrogens is 212 g/mol. The molecule has 90 valence electrons. The van der Waals surface area contributed by atoms with E-state index in [1.807, 2.05) is 13.8 Å². The largest absolute Gasteiger partial charge is 0.493 e. The van der Waals surface area contributed by atoms with Crippen LogP contribution in [0.25, 0.3) is 0 Å². The fourth-order valence-corrected chi connectivity index (χ4v) is 1.45. The molecule has 0 saturated carbocycles. The van der Waals surface area contributed by atoms with Crippen molar-refractivity contribution < 1.29 is 13.5 Å². The van der Waals surface area contributed by atoms with Gasteiger partial charge in [0.2, 0.25) is 5.82 Å². The van der Waals surface area contributed by atoms with Crippen molar-refractivity contribution in [2.45, 2.75) is 32.2 Å². The fraction of sp³-hybridized carbons (Fsp3) is 0.500. The maximum Gasteiger partial charge on any atom is 0.200 e. The van der Waals surface area contributed by atoms with Gasteiger partial charge in [-0.25, -0.2) is 4.39 Å². The van der Waals surface area contributed by atoms with Gasteiger partial charge in [0, 0.05) is 5.54 Å². The minimum Gasteiger partial charge on any atom is -0.493 e. The Bertz CT molecular complexity index is 372. The SMILES string of the molecule is COc1c(CCC(C)(C)N)ccc(F)c1F. The predicted molar refractivity (Wildman–Crippen MR) is 59.5 cm³/mol. The van der Waals surface area contributed by atoms with Crippen molar-refractivity contribution in [2.75, 3.05) is 7.11 Å². The second-order valence-corrected chi connectivity index (χ2v) is 4.54. The van der Waals surface area contributed by atoms with E-state index in [1.165, 1.54) is 13.2 Å². The van der Waals surface area contributed by atoms with Crippen LogP contribution >= 0.6 is 0 Å². The molecule has 1 aromatic rings. The molecule has 0 saturated heterocycles. The first-order chi connectivity index (χ1) is 7.35. The van der Waals surface area contributed by atoms with Crippen LogP contribution in [0.1, 0.15) is 25.8 Å². The molecule has 0 fully saturated rings. The first-order valence-electron chi connectivity index (χ1n) is 5.15. The molecule has 0 atom stereocenters. The van der Waals surface area contributed by atoms with E-state index in [0.717, 1.165) is 6.07 Å². The molecule has 2 N–H and O–H groups in total. The van der Waals surface area contributed by atoms with Crippen LogP contribution in [0, 0.1) is 11.6 Å². The second kappa shape index (κ2) is 4.78. The van der Waals surface area contributed by atoms with Gasteiger partial charge < -0.3 is 10.5 Å². The molecule has 0 heterocycles. The minimum atomic E-state index is -0.935. The molecule has 0 spiro atoms. The topological polar surface area (TPSA) is 35.2 Å². The lowest BCUT2D eigenvalue weighted by Crippen LogP contribution is -2.32. The normalized spacial score (nSPS) is 11.6. The number of halogens is 2. The summed E-state index contributed by atoms with van der Waals surface area (Å²) in [5.41, 5.74) is 6.14. The monoisotopic (exact) mass is 229 g/mol. The number of hydrogen-bond acceptors (Lipinski definition) is 2. The molecule has 0 aliphatic heterocycles. The van der Waals surface area contributed by atoms with E-state index in [4.69, 9.17) is 10.5 Å². The molecule has 0 unspecified atom stereocenters. The highest BCUT2D eigenvalue weighted by molar-refractivity contribution is 5.36. The summed E-state index contributed by atoms with van der Waals surface area (Å²) in [7, 11) is 1.33. The average Bonchev–Trinajstić information content (AvgIpc) is 2.18. The van der Waals surface area contributed by atoms with E-state index in [1.54, 1.807) is 0 Å². The number of methoxy groups -OCH3 is 1. The van der Waals surface area contributed by atoms with Gasteiger partial charge in [0.15, 0.2) is 11.6 Å². The number of benzene rings is 1. The Hall–Kier alpha value is -1.16. The summed E-state index contributed by atoms with van der Waals surface area (Å²) in [6, 6.07) is 2.64. The Morgan fingerprint density at radius 1 is 1.31 bits per heavy atom. The van der Waals surface area contributed by atoms with Crippen LogP contribution in [0.2, 0.25) is 0 Å². The van der Waals surface area contributed by atoms with Crippen LogP contribution < -0.4 is 10.5 Å². The highest BCUT2D eigenvalue weighted by atomic mass is 19.2. The molecule has 0 amide bonds. The van der Waals surface area contributed by atoms with Crippen LogP contribution in [-0.4, -0.2) is 12.6 Å². The van der Waals surface area contributed by atoms with Crippen LogP contribution in [0.4, 0.5) is 8.78 Å².